The second-order valence-corrected chi connectivity index (χ2v) is 8.67. The van der Waals surface area contributed by atoms with Gasteiger partial charge in [-0.15, -0.1) is 0 Å². The van der Waals surface area contributed by atoms with Crippen LogP contribution in [0.15, 0.2) is 29.1 Å². The van der Waals surface area contributed by atoms with Gasteiger partial charge in [-0.3, -0.25) is 9.59 Å². The van der Waals surface area contributed by atoms with E-state index in [2.05, 4.69) is 20.2 Å². The third kappa shape index (κ3) is 5.58. The van der Waals surface area contributed by atoms with Gasteiger partial charge in [0.15, 0.2) is 0 Å². The van der Waals surface area contributed by atoms with Crippen LogP contribution < -0.4 is 10.9 Å². The van der Waals surface area contributed by atoms with Crippen molar-refractivity contribution in [3.05, 3.63) is 51.7 Å². The van der Waals surface area contributed by atoms with Crippen LogP contribution in [0, 0.1) is 11.7 Å². The SMILES string of the molecule is O=C(NCCCN1CCCCC1)C1CCc2nc(-c3ccc(F)cc3)[nH]c(=O)c2CC1. The lowest BCUT2D eigenvalue weighted by molar-refractivity contribution is -0.125. The molecular weight excluding hydrogens is 395 g/mol. The number of likely N-dealkylation sites (tertiary alicyclic amines) is 1. The molecule has 1 atom stereocenters. The maximum absolute atomic E-state index is 13.2. The number of aromatic nitrogens is 2. The van der Waals surface area contributed by atoms with Gasteiger partial charge in [-0.2, -0.15) is 0 Å². The summed E-state index contributed by atoms with van der Waals surface area (Å²) < 4.78 is 13.2. The standard InChI is InChI=1S/C24H31FN4O2/c25-19-9-5-17(6-10-19)22-27-21-12-8-18(7-11-20(21)24(31)28-22)23(30)26-13-4-16-29-14-2-1-3-15-29/h5-6,9-10,18H,1-4,7-8,11-16H2,(H,26,30)(H,27,28,31). The number of rotatable bonds is 6. The summed E-state index contributed by atoms with van der Waals surface area (Å²) in [5.74, 6) is 0.106. The molecule has 1 aliphatic heterocycles. The zero-order valence-corrected chi connectivity index (χ0v) is 18.0. The summed E-state index contributed by atoms with van der Waals surface area (Å²) >= 11 is 0. The number of aryl methyl sites for hydroxylation is 1. The number of piperidine rings is 1. The molecule has 1 unspecified atom stereocenters. The van der Waals surface area contributed by atoms with Crippen molar-refractivity contribution in [1.82, 2.24) is 20.2 Å². The summed E-state index contributed by atoms with van der Waals surface area (Å²) in [7, 11) is 0. The van der Waals surface area contributed by atoms with Crippen LogP contribution in [0.4, 0.5) is 4.39 Å². The van der Waals surface area contributed by atoms with E-state index in [4.69, 9.17) is 0 Å². The number of carbonyl (C=O) groups is 1. The quantitative estimate of drug-likeness (QED) is 0.550. The molecule has 6 nitrogen and oxygen atoms in total. The first-order chi connectivity index (χ1) is 15.1. The molecule has 7 heteroatoms. The lowest BCUT2D eigenvalue weighted by Gasteiger charge is -2.26. The summed E-state index contributed by atoms with van der Waals surface area (Å²) in [6.45, 7) is 4.10. The van der Waals surface area contributed by atoms with E-state index < -0.39 is 0 Å². The Morgan fingerprint density at radius 3 is 2.65 bits per heavy atom. The molecular formula is C24H31FN4O2. The van der Waals surface area contributed by atoms with Crippen molar-refractivity contribution >= 4 is 5.91 Å². The maximum Gasteiger partial charge on any atom is 0.254 e. The van der Waals surface area contributed by atoms with Gasteiger partial charge >= 0.3 is 0 Å². The van der Waals surface area contributed by atoms with Crippen LogP contribution in [0.5, 0.6) is 0 Å². The molecule has 2 heterocycles. The second kappa shape index (κ2) is 10.2. The Labute approximate surface area is 182 Å². The van der Waals surface area contributed by atoms with Gasteiger partial charge in [0.25, 0.3) is 5.56 Å². The molecule has 2 aliphatic rings. The predicted octanol–water partition coefficient (Wildman–Crippen LogP) is 3.06. The Bertz CT molecular complexity index is 951. The van der Waals surface area contributed by atoms with Crippen molar-refractivity contribution in [3.8, 4) is 11.4 Å². The second-order valence-electron chi connectivity index (χ2n) is 8.67. The molecule has 1 aromatic carbocycles. The van der Waals surface area contributed by atoms with Gasteiger partial charge in [-0.05, 0) is 88.8 Å². The lowest BCUT2D eigenvalue weighted by Crippen LogP contribution is -2.35. The number of carbonyl (C=O) groups excluding carboxylic acids is 1. The van der Waals surface area contributed by atoms with E-state index in [9.17, 15) is 14.0 Å². The Kier molecular flexibility index (Phi) is 7.12. The summed E-state index contributed by atoms with van der Waals surface area (Å²) in [5, 5.41) is 3.10. The van der Waals surface area contributed by atoms with Crippen LogP contribution in [-0.4, -0.2) is 47.0 Å². The fourth-order valence-corrected chi connectivity index (χ4v) is 4.63. The molecule has 0 radical (unpaired) electrons. The number of hydrogen-bond acceptors (Lipinski definition) is 4. The fraction of sp³-hybridized carbons (Fsp3) is 0.542. The van der Waals surface area contributed by atoms with E-state index in [1.54, 1.807) is 12.1 Å². The average molecular weight is 427 g/mol. The highest BCUT2D eigenvalue weighted by atomic mass is 19.1. The minimum Gasteiger partial charge on any atom is -0.356 e. The van der Waals surface area contributed by atoms with E-state index >= 15 is 0 Å². The van der Waals surface area contributed by atoms with E-state index in [1.807, 2.05) is 0 Å². The largest absolute Gasteiger partial charge is 0.356 e. The van der Waals surface area contributed by atoms with Gasteiger partial charge in [0.2, 0.25) is 5.91 Å². The molecule has 1 saturated heterocycles. The Balaban J connectivity index is 1.32. The van der Waals surface area contributed by atoms with Crippen LogP contribution in [0.3, 0.4) is 0 Å². The average Bonchev–Trinajstić information content (AvgIpc) is 3.01. The molecule has 1 aliphatic carbocycles. The number of benzene rings is 1. The monoisotopic (exact) mass is 426 g/mol. The van der Waals surface area contributed by atoms with E-state index in [0.717, 1.165) is 18.7 Å². The van der Waals surface area contributed by atoms with Crippen LogP contribution >= 0.6 is 0 Å². The minimum absolute atomic E-state index is 0.0848. The Hall–Kier alpha value is -2.54. The number of H-pyrrole nitrogens is 1. The smallest absolute Gasteiger partial charge is 0.254 e. The molecule has 1 aromatic heterocycles. The normalized spacial score (nSPS) is 19.5. The topological polar surface area (TPSA) is 78.1 Å². The molecule has 1 fully saturated rings. The first-order valence-electron chi connectivity index (χ1n) is 11.5. The third-order valence-corrected chi connectivity index (χ3v) is 6.46. The van der Waals surface area contributed by atoms with Gasteiger partial charge < -0.3 is 15.2 Å². The van der Waals surface area contributed by atoms with Crippen molar-refractivity contribution in [3.63, 3.8) is 0 Å². The third-order valence-electron chi connectivity index (χ3n) is 6.46. The lowest BCUT2D eigenvalue weighted by atomic mass is 9.99. The van der Waals surface area contributed by atoms with Crippen molar-refractivity contribution < 1.29 is 9.18 Å². The van der Waals surface area contributed by atoms with Crippen LogP contribution in [0.2, 0.25) is 0 Å². The van der Waals surface area contributed by atoms with E-state index in [1.165, 1.54) is 44.5 Å². The summed E-state index contributed by atoms with van der Waals surface area (Å²) in [6.07, 6.45) is 7.36. The molecule has 2 aromatic rings. The number of nitrogens with one attached hydrogen (secondary N) is 2. The molecule has 0 spiro atoms. The van der Waals surface area contributed by atoms with Crippen LogP contribution in [0.25, 0.3) is 11.4 Å². The molecule has 2 N–H and O–H groups in total. The van der Waals surface area contributed by atoms with Crippen molar-refractivity contribution in [1.29, 1.82) is 0 Å². The van der Waals surface area contributed by atoms with E-state index in [0.29, 0.717) is 49.2 Å². The summed E-state index contributed by atoms with van der Waals surface area (Å²) in [6, 6.07) is 5.92. The number of aromatic amines is 1. The first-order valence-corrected chi connectivity index (χ1v) is 11.5. The Morgan fingerprint density at radius 1 is 1.13 bits per heavy atom. The molecule has 0 saturated carbocycles. The van der Waals surface area contributed by atoms with E-state index in [-0.39, 0.29) is 23.2 Å². The maximum atomic E-state index is 13.2. The van der Waals surface area contributed by atoms with Crippen molar-refractivity contribution in [2.24, 2.45) is 5.92 Å². The van der Waals surface area contributed by atoms with Crippen molar-refractivity contribution in [2.75, 3.05) is 26.2 Å². The number of halogens is 1. The molecule has 166 valence electrons. The van der Waals surface area contributed by atoms with Crippen LogP contribution in [-0.2, 0) is 17.6 Å². The summed E-state index contributed by atoms with van der Waals surface area (Å²) in [4.78, 5) is 35.3. The molecule has 0 bridgehead atoms. The number of fused-ring (bicyclic) bond motifs is 1. The minimum atomic E-state index is -0.328. The highest BCUT2D eigenvalue weighted by Crippen LogP contribution is 2.24. The zero-order valence-electron chi connectivity index (χ0n) is 18.0. The number of hydrogen-bond donors (Lipinski definition) is 2. The predicted molar refractivity (Wildman–Crippen MR) is 118 cm³/mol. The molecule has 31 heavy (non-hydrogen) atoms. The van der Waals surface area contributed by atoms with Gasteiger partial charge in [-0.25, -0.2) is 9.37 Å². The number of amides is 1. The van der Waals surface area contributed by atoms with Gasteiger partial charge in [-0.1, -0.05) is 6.42 Å². The van der Waals surface area contributed by atoms with Gasteiger partial charge in [0.05, 0.1) is 5.69 Å². The van der Waals surface area contributed by atoms with Gasteiger partial charge in [0.1, 0.15) is 11.6 Å². The van der Waals surface area contributed by atoms with Crippen LogP contribution in [0.1, 0.15) is 49.8 Å². The number of nitrogens with zero attached hydrogens (tertiary/aromatic N) is 2. The first kappa shape index (κ1) is 21.7. The highest BCUT2D eigenvalue weighted by Gasteiger charge is 2.25. The Morgan fingerprint density at radius 2 is 1.87 bits per heavy atom. The van der Waals surface area contributed by atoms with Gasteiger partial charge in [0, 0.05) is 23.6 Å². The molecule has 4 rings (SSSR count). The summed E-state index contributed by atoms with van der Waals surface area (Å²) in [5.41, 5.74) is 1.94. The fourth-order valence-electron chi connectivity index (χ4n) is 4.63. The zero-order chi connectivity index (χ0) is 21.6. The molecule has 1 amide bonds. The highest BCUT2D eigenvalue weighted by molar-refractivity contribution is 5.78. The van der Waals surface area contributed by atoms with Crippen molar-refractivity contribution in [2.45, 2.75) is 51.4 Å².